The predicted molar refractivity (Wildman–Crippen MR) is 94.6 cm³/mol. The fraction of sp³-hybridized carbons (Fsp3) is 0.0625. The van der Waals surface area contributed by atoms with Gasteiger partial charge in [0.1, 0.15) is 27.4 Å². The standard InChI is InChI=1S/C16H11F3N4O3S2/c17-9-5-6-11(19)13(7-9)28(25,26)20-8-14-22-23-16(27-14)15(24)21-12-4-2-1-3-10(12)18/h1-7,20H,8H2,(H,21,24). The van der Waals surface area contributed by atoms with Crippen molar-refractivity contribution in [2.75, 3.05) is 5.32 Å². The maximum absolute atomic E-state index is 13.6. The zero-order valence-electron chi connectivity index (χ0n) is 13.8. The minimum absolute atomic E-state index is 0.0495. The number of para-hydroxylation sites is 1. The van der Waals surface area contributed by atoms with Crippen LogP contribution >= 0.6 is 11.3 Å². The quantitative estimate of drug-likeness (QED) is 0.629. The van der Waals surface area contributed by atoms with Gasteiger partial charge in [-0.25, -0.2) is 26.3 Å². The van der Waals surface area contributed by atoms with Crippen LogP contribution in [0.15, 0.2) is 47.4 Å². The first-order valence-electron chi connectivity index (χ1n) is 7.59. The second kappa shape index (κ2) is 8.04. The number of halogens is 3. The van der Waals surface area contributed by atoms with Gasteiger partial charge in [0.15, 0.2) is 0 Å². The number of rotatable bonds is 6. The van der Waals surface area contributed by atoms with Gasteiger partial charge in [0.05, 0.1) is 12.2 Å². The van der Waals surface area contributed by atoms with E-state index in [0.717, 1.165) is 17.4 Å². The number of amides is 1. The summed E-state index contributed by atoms with van der Waals surface area (Å²) < 4.78 is 66.7. The highest BCUT2D eigenvalue weighted by atomic mass is 32.2. The Morgan fingerprint density at radius 1 is 1.04 bits per heavy atom. The lowest BCUT2D eigenvalue weighted by Crippen LogP contribution is -2.24. The van der Waals surface area contributed by atoms with E-state index in [1.165, 1.54) is 24.3 Å². The molecule has 0 aliphatic carbocycles. The van der Waals surface area contributed by atoms with Crippen LogP contribution in [0.5, 0.6) is 0 Å². The maximum Gasteiger partial charge on any atom is 0.286 e. The van der Waals surface area contributed by atoms with Crippen LogP contribution in [0, 0.1) is 17.5 Å². The van der Waals surface area contributed by atoms with Gasteiger partial charge in [-0.2, -0.15) is 0 Å². The molecular formula is C16H11F3N4O3S2. The zero-order valence-corrected chi connectivity index (χ0v) is 15.5. The number of hydrogen-bond donors (Lipinski definition) is 2. The van der Waals surface area contributed by atoms with Crippen molar-refractivity contribution in [3.63, 3.8) is 0 Å². The molecule has 0 bridgehead atoms. The van der Waals surface area contributed by atoms with Crippen molar-refractivity contribution in [3.05, 3.63) is 69.9 Å². The molecule has 1 heterocycles. The minimum atomic E-state index is -4.35. The number of hydrogen-bond acceptors (Lipinski definition) is 6. The first kappa shape index (κ1) is 19.9. The smallest absolute Gasteiger partial charge is 0.286 e. The van der Waals surface area contributed by atoms with Gasteiger partial charge in [-0.1, -0.05) is 23.5 Å². The van der Waals surface area contributed by atoms with E-state index in [1.54, 1.807) is 0 Å². The third-order valence-corrected chi connectivity index (χ3v) is 5.72. The SMILES string of the molecule is O=C(Nc1ccccc1F)c1nnc(CNS(=O)(=O)c2cc(F)ccc2F)s1. The van der Waals surface area contributed by atoms with Gasteiger partial charge >= 0.3 is 0 Å². The van der Waals surface area contributed by atoms with Gasteiger partial charge < -0.3 is 5.32 Å². The molecule has 0 radical (unpaired) electrons. The second-order valence-electron chi connectivity index (χ2n) is 5.33. The van der Waals surface area contributed by atoms with Crippen LogP contribution in [0.4, 0.5) is 18.9 Å². The van der Waals surface area contributed by atoms with E-state index in [0.29, 0.717) is 12.1 Å². The number of sulfonamides is 1. The van der Waals surface area contributed by atoms with Gasteiger partial charge in [0, 0.05) is 0 Å². The molecule has 0 atom stereocenters. The van der Waals surface area contributed by atoms with E-state index in [9.17, 15) is 26.4 Å². The molecule has 0 fully saturated rings. The number of nitrogens with zero attached hydrogens (tertiary/aromatic N) is 2. The molecule has 2 aromatic carbocycles. The summed E-state index contributed by atoms with van der Waals surface area (Å²) in [7, 11) is -4.35. The molecular weight excluding hydrogens is 417 g/mol. The van der Waals surface area contributed by atoms with Crippen molar-refractivity contribution in [1.82, 2.24) is 14.9 Å². The van der Waals surface area contributed by atoms with Crippen LogP contribution < -0.4 is 10.0 Å². The summed E-state index contributed by atoms with van der Waals surface area (Å²) in [5.41, 5.74) is -0.0495. The van der Waals surface area contributed by atoms with Crippen molar-refractivity contribution in [3.8, 4) is 0 Å². The summed E-state index contributed by atoms with van der Waals surface area (Å²) >= 11 is 0.758. The molecule has 0 saturated heterocycles. The van der Waals surface area contributed by atoms with Gasteiger partial charge in [-0.15, -0.1) is 10.2 Å². The summed E-state index contributed by atoms with van der Waals surface area (Å²) in [4.78, 5) is 11.2. The highest BCUT2D eigenvalue weighted by Crippen LogP contribution is 2.18. The summed E-state index contributed by atoms with van der Waals surface area (Å²) in [6.45, 7) is -0.400. The Hall–Kier alpha value is -2.83. The number of nitrogens with one attached hydrogen (secondary N) is 2. The van der Waals surface area contributed by atoms with Crippen molar-refractivity contribution in [2.24, 2.45) is 0 Å². The first-order valence-corrected chi connectivity index (χ1v) is 9.89. The Bertz CT molecular complexity index is 1140. The molecule has 1 amide bonds. The van der Waals surface area contributed by atoms with Crippen molar-refractivity contribution >= 4 is 33.0 Å². The molecule has 0 spiro atoms. The fourth-order valence-corrected chi connectivity index (χ4v) is 3.91. The Morgan fingerprint density at radius 2 is 1.79 bits per heavy atom. The summed E-state index contributed by atoms with van der Waals surface area (Å²) in [5, 5.41) is 9.55. The number of anilines is 1. The molecule has 3 aromatic rings. The maximum atomic E-state index is 13.6. The van der Waals surface area contributed by atoms with Crippen molar-refractivity contribution < 1.29 is 26.4 Å². The Kier molecular flexibility index (Phi) is 5.72. The largest absolute Gasteiger partial charge is 0.317 e. The molecule has 12 heteroatoms. The normalized spacial score (nSPS) is 11.4. The molecule has 0 unspecified atom stereocenters. The summed E-state index contributed by atoms with van der Waals surface area (Å²) in [6.07, 6.45) is 0. The highest BCUT2D eigenvalue weighted by Gasteiger charge is 2.21. The lowest BCUT2D eigenvalue weighted by Gasteiger charge is -2.06. The van der Waals surface area contributed by atoms with Crippen molar-refractivity contribution in [1.29, 1.82) is 0 Å². The third kappa shape index (κ3) is 4.52. The molecule has 2 N–H and O–H groups in total. The zero-order chi connectivity index (χ0) is 20.3. The van der Waals surface area contributed by atoms with Gasteiger partial charge in [-0.05, 0) is 30.3 Å². The number of benzene rings is 2. The Balaban J connectivity index is 1.68. The van der Waals surface area contributed by atoms with Gasteiger partial charge in [0.2, 0.25) is 15.0 Å². The lowest BCUT2D eigenvalue weighted by atomic mass is 10.3. The number of aromatic nitrogens is 2. The molecule has 0 aliphatic rings. The van der Waals surface area contributed by atoms with Crippen molar-refractivity contribution in [2.45, 2.75) is 11.4 Å². The monoisotopic (exact) mass is 428 g/mol. The van der Waals surface area contributed by atoms with E-state index in [2.05, 4.69) is 20.2 Å². The van der Waals surface area contributed by atoms with E-state index in [1.807, 2.05) is 0 Å². The molecule has 1 aromatic heterocycles. The summed E-state index contributed by atoms with van der Waals surface area (Å²) in [5.74, 6) is -3.39. The minimum Gasteiger partial charge on any atom is -0.317 e. The number of carbonyl (C=O) groups excluding carboxylic acids is 1. The van der Waals surface area contributed by atoms with E-state index >= 15 is 0 Å². The van der Waals surface area contributed by atoms with Crippen LogP contribution in [0.1, 0.15) is 14.8 Å². The molecule has 28 heavy (non-hydrogen) atoms. The topological polar surface area (TPSA) is 101 Å². The van der Waals surface area contributed by atoms with Crippen LogP contribution in [0.2, 0.25) is 0 Å². The van der Waals surface area contributed by atoms with Crippen LogP contribution in [-0.2, 0) is 16.6 Å². The molecule has 3 rings (SSSR count). The van der Waals surface area contributed by atoms with Crippen LogP contribution in [-0.4, -0.2) is 24.5 Å². The Morgan fingerprint density at radius 3 is 2.54 bits per heavy atom. The highest BCUT2D eigenvalue weighted by molar-refractivity contribution is 7.89. The predicted octanol–water partition coefficient (Wildman–Crippen LogP) is 2.69. The number of carbonyl (C=O) groups is 1. The van der Waals surface area contributed by atoms with E-state index in [-0.39, 0.29) is 15.7 Å². The van der Waals surface area contributed by atoms with Gasteiger partial charge in [-0.3, -0.25) is 4.79 Å². The average Bonchev–Trinajstić information content (AvgIpc) is 3.13. The van der Waals surface area contributed by atoms with E-state index < -0.39 is 44.8 Å². The molecule has 0 saturated carbocycles. The molecule has 0 aliphatic heterocycles. The van der Waals surface area contributed by atoms with Crippen LogP contribution in [0.25, 0.3) is 0 Å². The average molecular weight is 428 g/mol. The lowest BCUT2D eigenvalue weighted by molar-refractivity contribution is 0.102. The third-order valence-electron chi connectivity index (χ3n) is 3.38. The Labute approximate surface area is 161 Å². The second-order valence-corrected chi connectivity index (χ2v) is 8.13. The molecule has 146 valence electrons. The van der Waals surface area contributed by atoms with Gasteiger partial charge in [0.25, 0.3) is 5.91 Å². The summed E-state index contributed by atoms with van der Waals surface area (Å²) in [6, 6.07) is 7.55. The van der Waals surface area contributed by atoms with E-state index in [4.69, 9.17) is 0 Å². The van der Waals surface area contributed by atoms with Crippen LogP contribution in [0.3, 0.4) is 0 Å². The fourth-order valence-electron chi connectivity index (χ4n) is 2.07. The first-order chi connectivity index (χ1) is 13.3. The molecule has 7 nitrogen and oxygen atoms in total.